The Labute approximate surface area is 175 Å². The van der Waals surface area contributed by atoms with Crippen LogP contribution in [0.2, 0.25) is 0 Å². The van der Waals surface area contributed by atoms with Crippen LogP contribution in [-0.2, 0) is 16.4 Å². The van der Waals surface area contributed by atoms with Crippen molar-refractivity contribution in [3.05, 3.63) is 53.5 Å². The van der Waals surface area contributed by atoms with Gasteiger partial charge in [0.1, 0.15) is 11.6 Å². The molecule has 162 valence electrons. The van der Waals surface area contributed by atoms with Crippen LogP contribution in [0.5, 0.6) is 5.75 Å². The molecule has 3 aromatic rings. The Kier molecular flexibility index (Phi) is 6.94. The summed E-state index contributed by atoms with van der Waals surface area (Å²) in [5.74, 6) is 0.0527. The molecule has 0 bridgehead atoms. The van der Waals surface area contributed by atoms with Gasteiger partial charge in [-0.25, -0.2) is 12.8 Å². The van der Waals surface area contributed by atoms with Gasteiger partial charge in [-0.05, 0) is 55.5 Å². The van der Waals surface area contributed by atoms with E-state index >= 15 is 0 Å². The number of aliphatic hydroxyl groups excluding tert-OH is 1. The average Bonchev–Trinajstić information content (AvgIpc) is 3.10. The molecule has 1 atom stereocenters. The highest BCUT2D eigenvalue weighted by atomic mass is 32.2. The number of unbranched alkanes of at least 4 members (excludes halogenated alkanes) is 1. The van der Waals surface area contributed by atoms with Crippen LogP contribution >= 0.6 is 0 Å². The molecular weight excluding hydrogens is 409 g/mol. The van der Waals surface area contributed by atoms with Gasteiger partial charge in [-0.2, -0.15) is 5.10 Å². The van der Waals surface area contributed by atoms with Crippen LogP contribution in [0.25, 0.3) is 10.9 Å². The van der Waals surface area contributed by atoms with Gasteiger partial charge in [-0.1, -0.05) is 13.0 Å². The van der Waals surface area contributed by atoms with Crippen molar-refractivity contribution in [1.82, 2.24) is 10.2 Å². The first-order valence-electron chi connectivity index (χ1n) is 9.82. The number of nitrogens with zero attached hydrogens (tertiary/aromatic N) is 1. The minimum Gasteiger partial charge on any atom is -0.494 e. The standard InChI is InChI=1S/C21H26FN3O4S/c1-3-18-16-9-8-15(13-19(16)24-23-18)29-11-5-4-6-21(26)14-7-10-17(22)20(12-14)25-30(2,27)28/h7-10,12-13,21,25-26H,3-6,11H2,1-2H3,(H,23,24)/t21-/m0/s1. The quantitative estimate of drug-likeness (QED) is 0.419. The third kappa shape index (κ3) is 5.70. The van der Waals surface area contributed by atoms with Crippen molar-refractivity contribution in [3.63, 3.8) is 0 Å². The third-order valence-corrected chi connectivity index (χ3v) is 5.36. The number of hydrogen-bond acceptors (Lipinski definition) is 5. The fourth-order valence-corrected chi connectivity index (χ4v) is 3.79. The second-order valence-corrected chi connectivity index (χ2v) is 8.96. The van der Waals surface area contributed by atoms with Gasteiger partial charge >= 0.3 is 0 Å². The van der Waals surface area contributed by atoms with E-state index in [0.29, 0.717) is 25.0 Å². The molecule has 0 spiro atoms. The topological polar surface area (TPSA) is 104 Å². The maximum atomic E-state index is 13.8. The number of fused-ring (bicyclic) bond motifs is 1. The number of aryl methyl sites for hydroxylation is 1. The number of nitrogens with one attached hydrogen (secondary N) is 2. The van der Waals surface area contributed by atoms with Crippen molar-refractivity contribution in [1.29, 1.82) is 0 Å². The van der Waals surface area contributed by atoms with Crippen molar-refractivity contribution >= 4 is 26.6 Å². The fraction of sp³-hybridized carbons (Fsp3) is 0.381. The molecule has 0 saturated heterocycles. The number of anilines is 1. The summed E-state index contributed by atoms with van der Waals surface area (Å²) in [4.78, 5) is 0. The van der Waals surface area contributed by atoms with Crippen LogP contribution < -0.4 is 9.46 Å². The minimum atomic E-state index is -3.60. The summed E-state index contributed by atoms with van der Waals surface area (Å²) in [5, 5.41) is 18.7. The first kappa shape index (κ1) is 22.0. The van der Waals surface area contributed by atoms with E-state index in [2.05, 4.69) is 21.8 Å². The zero-order valence-electron chi connectivity index (χ0n) is 17.0. The van der Waals surface area contributed by atoms with Gasteiger partial charge in [0.25, 0.3) is 0 Å². The molecule has 0 unspecified atom stereocenters. The molecule has 0 aliphatic carbocycles. The van der Waals surface area contributed by atoms with Crippen molar-refractivity contribution in [2.45, 2.75) is 38.7 Å². The Hall–Kier alpha value is -2.65. The molecule has 0 aliphatic rings. The predicted molar refractivity (Wildman–Crippen MR) is 115 cm³/mol. The number of ether oxygens (including phenoxy) is 1. The molecule has 7 nitrogen and oxygen atoms in total. The largest absolute Gasteiger partial charge is 0.494 e. The zero-order valence-corrected chi connectivity index (χ0v) is 17.8. The number of aromatic amines is 1. The number of aromatic nitrogens is 2. The number of benzene rings is 2. The van der Waals surface area contributed by atoms with Crippen molar-refractivity contribution < 1.29 is 22.7 Å². The Bertz CT molecular complexity index is 1110. The SMILES string of the molecule is CCc1[nH]nc2cc(OCCCC[C@H](O)c3ccc(F)c(NS(C)(=O)=O)c3)ccc12. The molecule has 3 N–H and O–H groups in total. The summed E-state index contributed by atoms with van der Waals surface area (Å²) >= 11 is 0. The van der Waals surface area contributed by atoms with E-state index in [1.165, 1.54) is 12.1 Å². The second kappa shape index (κ2) is 9.44. The van der Waals surface area contributed by atoms with E-state index < -0.39 is 21.9 Å². The maximum absolute atomic E-state index is 13.8. The number of halogens is 1. The summed E-state index contributed by atoms with van der Waals surface area (Å²) in [5.41, 5.74) is 2.26. The lowest BCUT2D eigenvalue weighted by atomic mass is 10.0. The highest BCUT2D eigenvalue weighted by molar-refractivity contribution is 7.92. The molecule has 1 aromatic heterocycles. The monoisotopic (exact) mass is 435 g/mol. The van der Waals surface area contributed by atoms with Gasteiger partial charge < -0.3 is 9.84 Å². The summed E-state index contributed by atoms with van der Waals surface area (Å²) in [6.07, 6.45) is 2.88. The lowest BCUT2D eigenvalue weighted by Crippen LogP contribution is -2.11. The van der Waals surface area contributed by atoms with E-state index in [0.717, 1.165) is 47.5 Å². The van der Waals surface area contributed by atoms with Gasteiger partial charge in [0.15, 0.2) is 0 Å². The highest BCUT2D eigenvalue weighted by Gasteiger charge is 2.13. The molecule has 9 heteroatoms. The van der Waals surface area contributed by atoms with Crippen molar-refractivity contribution in [3.8, 4) is 5.75 Å². The van der Waals surface area contributed by atoms with Crippen LogP contribution in [0, 0.1) is 5.82 Å². The highest BCUT2D eigenvalue weighted by Crippen LogP contribution is 2.25. The molecular formula is C21H26FN3O4S. The Balaban J connectivity index is 1.48. The number of H-pyrrole nitrogens is 1. The van der Waals surface area contributed by atoms with Crippen LogP contribution in [0.15, 0.2) is 36.4 Å². The molecule has 0 amide bonds. The van der Waals surface area contributed by atoms with E-state index in [4.69, 9.17) is 4.74 Å². The third-order valence-electron chi connectivity index (χ3n) is 4.77. The van der Waals surface area contributed by atoms with Gasteiger partial charge in [0.2, 0.25) is 10.0 Å². The van der Waals surface area contributed by atoms with Gasteiger partial charge in [0, 0.05) is 17.1 Å². The number of aliphatic hydroxyl groups is 1. The number of sulfonamides is 1. The van der Waals surface area contributed by atoms with Gasteiger partial charge in [0.05, 0.1) is 30.2 Å². The van der Waals surface area contributed by atoms with Crippen LogP contribution in [0.4, 0.5) is 10.1 Å². The lowest BCUT2D eigenvalue weighted by Gasteiger charge is -2.14. The van der Waals surface area contributed by atoms with Gasteiger partial charge in [-0.3, -0.25) is 9.82 Å². The molecule has 0 saturated carbocycles. The van der Waals surface area contributed by atoms with E-state index in [9.17, 15) is 17.9 Å². The Morgan fingerprint density at radius 3 is 2.77 bits per heavy atom. The Morgan fingerprint density at radius 1 is 1.23 bits per heavy atom. The average molecular weight is 436 g/mol. The van der Waals surface area contributed by atoms with Crippen molar-refractivity contribution in [2.24, 2.45) is 0 Å². The summed E-state index contributed by atoms with van der Waals surface area (Å²) in [6, 6.07) is 9.72. The second-order valence-electron chi connectivity index (χ2n) is 7.21. The van der Waals surface area contributed by atoms with Gasteiger partial charge in [-0.15, -0.1) is 0 Å². The van der Waals surface area contributed by atoms with Crippen LogP contribution in [0.1, 0.15) is 43.5 Å². The van der Waals surface area contributed by atoms with E-state index in [1.807, 2.05) is 18.2 Å². The van der Waals surface area contributed by atoms with Crippen molar-refractivity contribution in [2.75, 3.05) is 17.6 Å². The Morgan fingerprint density at radius 2 is 2.03 bits per heavy atom. The molecule has 3 rings (SSSR count). The summed E-state index contributed by atoms with van der Waals surface area (Å²) < 4.78 is 44.3. The van der Waals surface area contributed by atoms with Crippen LogP contribution in [-0.4, -0.2) is 36.6 Å². The predicted octanol–water partition coefficient (Wildman–Crippen LogP) is 3.92. The zero-order chi connectivity index (χ0) is 21.7. The molecule has 30 heavy (non-hydrogen) atoms. The molecule has 0 radical (unpaired) electrons. The molecule has 0 fully saturated rings. The molecule has 0 aliphatic heterocycles. The molecule has 1 heterocycles. The molecule has 2 aromatic carbocycles. The number of rotatable bonds is 10. The fourth-order valence-electron chi connectivity index (χ4n) is 3.23. The smallest absolute Gasteiger partial charge is 0.229 e. The maximum Gasteiger partial charge on any atom is 0.229 e. The summed E-state index contributed by atoms with van der Waals surface area (Å²) in [7, 11) is -3.60. The van der Waals surface area contributed by atoms with Crippen LogP contribution in [0.3, 0.4) is 0 Å². The first-order valence-corrected chi connectivity index (χ1v) is 11.7. The lowest BCUT2D eigenvalue weighted by molar-refractivity contribution is 0.160. The number of hydrogen-bond donors (Lipinski definition) is 3. The normalized spacial score (nSPS) is 12.8. The van der Waals surface area contributed by atoms with E-state index in [-0.39, 0.29) is 5.69 Å². The first-order chi connectivity index (χ1) is 14.3. The summed E-state index contributed by atoms with van der Waals surface area (Å²) in [6.45, 7) is 2.56. The minimum absolute atomic E-state index is 0.169. The van der Waals surface area contributed by atoms with E-state index in [1.54, 1.807) is 0 Å².